The highest BCUT2D eigenvalue weighted by Crippen LogP contribution is 2.21. The van der Waals surface area contributed by atoms with Gasteiger partial charge in [-0.05, 0) is 49.1 Å². The molecule has 4 rings (SSSR count). The van der Waals surface area contributed by atoms with E-state index in [9.17, 15) is 9.59 Å². The molecule has 1 aliphatic rings. The summed E-state index contributed by atoms with van der Waals surface area (Å²) in [5, 5.41) is 1.01. The van der Waals surface area contributed by atoms with Gasteiger partial charge < -0.3 is 9.88 Å². The number of rotatable bonds is 3. The predicted octanol–water partition coefficient (Wildman–Crippen LogP) is 3.07. The van der Waals surface area contributed by atoms with Crippen molar-refractivity contribution in [3.63, 3.8) is 0 Å². The number of amides is 1. The standard InChI is InChI=1S/C22H23N3O2/c1-15-8-9-17-13-18(21(26)23-20(17)12-15)14-24-10-11-25(22(27)16(24)2)19-6-4-3-5-7-19/h3-9,12-13,16H,10-11,14H2,1-2H3,(H,23,26)/t16-/m0/s1. The molecule has 0 spiro atoms. The van der Waals surface area contributed by atoms with Crippen LogP contribution in [0.25, 0.3) is 10.9 Å². The zero-order valence-corrected chi connectivity index (χ0v) is 15.6. The number of carbonyl (C=O) groups is 1. The van der Waals surface area contributed by atoms with Gasteiger partial charge in [-0.15, -0.1) is 0 Å². The molecule has 1 amide bonds. The maximum absolute atomic E-state index is 12.9. The number of aromatic amines is 1. The van der Waals surface area contributed by atoms with Crippen molar-refractivity contribution in [1.82, 2.24) is 9.88 Å². The Morgan fingerprint density at radius 3 is 2.59 bits per heavy atom. The molecule has 3 aromatic rings. The monoisotopic (exact) mass is 361 g/mol. The Balaban J connectivity index is 1.56. The van der Waals surface area contributed by atoms with Crippen molar-refractivity contribution in [2.75, 3.05) is 18.0 Å². The van der Waals surface area contributed by atoms with Gasteiger partial charge in [0.1, 0.15) is 0 Å². The molecule has 2 aromatic carbocycles. The number of carbonyl (C=O) groups excluding carboxylic acids is 1. The van der Waals surface area contributed by atoms with E-state index in [1.807, 2.05) is 73.3 Å². The van der Waals surface area contributed by atoms with E-state index in [1.54, 1.807) is 0 Å². The van der Waals surface area contributed by atoms with Crippen molar-refractivity contribution in [1.29, 1.82) is 0 Å². The number of aryl methyl sites for hydroxylation is 1. The highest BCUT2D eigenvalue weighted by atomic mass is 16.2. The molecule has 1 aliphatic heterocycles. The quantitative estimate of drug-likeness (QED) is 0.780. The lowest BCUT2D eigenvalue weighted by Gasteiger charge is -2.39. The first-order chi connectivity index (χ1) is 13.0. The Bertz CT molecular complexity index is 1040. The lowest BCUT2D eigenvalue weighted by Crippen LogP contribution is -2.55. The van der Waals surface area contributed by atoms with Crippen LogP contribution >= 0.6 is 0 Å². The Labute approximate surface area is 158 Å². The van der Waals surface area contributed by atoms with Crippen LogP contribution in [-0.2, 0) is 11.3 Å². The Hall–Kier alpha value is -2.92. The Morgan fingerprint density at radius 1 is 1.04 bits per heavy atom. The summed E-state index contributed by atoms with van der Waals surface area (Å²) in [5.41, 5.74) is 3.49. The largest absolute Gasteiger partial charge is 0.322 e. The van der Waals surface area contributed by atoms with Crippen LogP contribution in [0.15, 0.2) is 59.4 Å². The van der Waals surface area contributed by atoms with E-state index in [-0.39, 0.29) is 17.5 Å². The second-order valence-corrected chi connectivity index (χ2v) is 7.19. The number of hydrogen-bond acceptors (Lipinski definition) is 3. The molecule has 1 fully saturated rings. The van der Waals surface area contributed by atoms with Gasteiger partial charge in [-0.25, -0.2) is 0 Å². The van der Waals surface area contributed by atoms with Crippen LogP contribution in [0.1, 0.15) is 18.1 Å². The zero-order valence-electron chi connectivity index (χ0n) is 15.6. The zero-order chi connectivity index (χ0) is 19.0. The van der Waals surface area contributed by atoms with E-state index in [1.165, 1.54) is 0 Å². The minimum atomic E-state index is -0.271. The second-order valence-electron chi connectivity index (χ2n) is 7.19. The molecule has 0 bridgehead atoms. The molecular weight excluding hydrogens is 338 g/mol. The number of benzene rings is 2. The molecule has 1 aromatic heterocycles. The lowest BCUT2D eigenvalue weighted by molar-refractivity contribution is -0.125. The number of H-pyrrole nitrogens is 1. The number of anilines is 1. The van der Waals surface area contributed by atoms with Gasteiger partial charge >= 0.3 is 0 Å². The van der Waals surface area contributed by atoms with Gasteiger partial charge in [-0.3, -0.25) is 14.5 Å². The lowest BCUT2D eigenvalue weighted by atomic mass is 10.1. The fourth-order valence-corrected chi connectivity index (χ4v) is 3.69. The SMILES string of the molecule is Cc1ccc2cc(CN3CCN(c4ccccc4)C(=O)[C@@H]3C)c(=O)[nH]c2c1. The van der Waals surface area contributed by atoms with Gasteiger partial charge in [-0.2, -0.15) is 0 Å². The molecule has 0 saturated carbocycles. The summed E-state index contributed by atoms with van der Waals surface area (Å²) in [6.45, 7) is 5.74. The Kier molecular flexibility index (Phi) is 4.54. The van der Waals surface area contributed by atoms with Crippen LogP contribution in [0.3, 0.4) is 0 Å². The van der Waals surface area contributed by atoms with Crippen LogP contribution < -0.4 is 10.5 Å². The van der Waals surface area contributed by atoms with Crippen LogP contribution in [0.2, 0.25) is 0 Å². The first-order valence-electron chi connectivity index (χ1n) is 9.26. The second kappa shape index (κ2) is 7.00. The molecule has 1 atom stereocenters. The van der Waals surface area contributed by atoms with Crippen LogP contribution in [-0.4, -0.2) is 34.9 Å². The minimum Gasteiger partial charge on any atom is -0.322 e. The number of hydrogen-bond donors (Lipinski definition) is 1. The number of fused-ring (bicyclic) bond motifs is 1. The average molecular weight is 361 g/mol. The summed E-state index contributed by atoms with van der Waals surface area (Å²) in [6.07, 6.45) is 0. The summed E-state index contributed by atoms with van der Waals surface area (Å²) in [5.74, 6) is 0.0697. The number of aromatic nitrogens is 1. The van der Waals surface area contributed by atoms with Crippen molar-refractivity contribution in [2.45, 2.75) is 26.4 Å². The van der Waals surface area contributed by atoms with E-state index in [4.69, 9.17) is 0 Å². The maximum atomic E-state index is 12.9. The molecule has 138 valence electrons. The van der Waals surface area contributed by atoms with E-state index in [2.05, 4.69) is 9.88 Å². The van der Waals surface area contributed by atoms with Gasteiger partial charge in [0.25, 0.3) is 5.56 Å². The number of piperazine rings is 1. The van der Waals surface area contributed by atoms with Crippen molar-refractivity contribution in [3.05, 3.63) is 76.1 Å². The third kappa shape index (κ3) is 3.38. The number of pyridine rings is 1. The molecule has 5 heteroatoms. The third-order valence-electron chi connectivity index (χ3n) is 5.30. The molecule has 1 N–H and O–H groups in total. The van der Waals surface area contributed by atoms with Crippen molar-refractivity contribution in [3.8, 4) is 0 Å². The van der Waals surface area contributed by atoms with Gasteiger partial charge in [0, 0.05) is 36.4 Å². The first-order valence-corrected chi connectivity index (χ1v) is 9.26. The Morgan fingerprint density at radius 2 is 1.81 bits per heavy atom. The van der Waals surface area contributed by atoms with E-state index in [0.29, 0.717) is 18.7 Å². The summed E-state index contributed by atoms with van der Waals surface area (Å²) in [4.78, 5) is 32.2. The molecule has 0 unspecified atom stereocenters. The summed E-state index contributed by atoms with van der Waals surface area (Å²) < 4.78 is 0. The normalized spacial score (nSPS) is 18.2. The van der Waals surface area contributed by atoms with E-state index < -0.39 is 0 Å². The summed E-state index contributed by atoms with van der Waals surface area (Å²) in [7, 11) is 0. The topological polar surface area (TPSA) is 56.4 Å². The van der Waals surface area contributed by atoms with Gasteiger partial charge in [0.2, 0.25) is 5.91 Å². The van der Waals surface area contributed by atoms with Gasteiger partial charge in [0.05, 0.1) is 6.04 Å². The molecule has 5 nitrogen and oxygen atoms in total. The van der Waals surface area contributed by atoms with Crippen LogP contribution in [0.4, 0.5) is 5.69 Å². The molecule has 27 heavy (non-hydrogen) atoms. The molecule has 0 radical (unpaired) electrons. The molecule has 0 aliphatic carbocycles. The highest BCUT2D eigenvalue weighted by molar-refractivity contribution is 5.97. The van der Waals surface area contributed by atoms with E-state index in [0.717, 1.165) is 28.7 Å². The number of para-hydroxylation sites is 1. The number of nitrogens with zero attached hydrogens (tertiary/aromatic N) is 2. The summed E-state index contributed by atoms with van der Waals surface area (Å²) >= 11 is 0. The fraction of sp³-hybridized carbons (Fsp3) is 0.273. The first kappa shape index (κ1) is 17.5. The maximum Gasteiger partial charge on any atom is 0.252 e. The fourth-order valence-electron chi connectivity index (χ4n) is 3.69. The molecule has 1 saturated heterocycles. The van der Waals surface area contributed by atoms with Crippen molar-refractivity contribution < 1.29 is 4.79 Å². The predicted molar refractivity (Wildman–Crippen MR) is 108 cm³/mol. The van der Waals surface area contributed by atoms with Crippen molar-refractivity contribution >= 4 is 22.5 Å². The third-order valence-corrected chi connectivity index (χ3v) is 5.30. The highest BCUT2D eigenvalue weighted by Gasteiger charge is 2.32. The van der Waals surface area contributed by atoms with Crippen LogP contribution in [0.5, 0.6) is 0 Å². The smallest absolute Gasteiger partial charge is 0.252 e. The molecule has 2 heterocycles. The van der Waals surface area contributed by atoms with Gasteiger partial charge in [0.15, 0.2) is 0 Å². The summed E-state index contributed by atoms with van der Waals surface area (Å²) in [6, 6.07) is 17.4. The molecular formula is C22H23N3O2. The van der Waals surface area contributed by atoms with Crippen LogP contribution in [0, 0.1) is 6.92 Å². The average Bonchev–Trinajstić information content (AvgIpc) is 2.67. The van der Waals surface area contributed by atoms with Gasteiger partial charge in [-0.1, -0.05) is 30.3 Å². The minimum absolute atomic E-state index is 0.0697. The van der Waals surface area contributed by atoms with Crippen molar-refractivity contribution in [2.24, 2.45) is 0 Å². The number of nitrogens with one attached hydrogen (secondary N) is 1. The van der Waals surface area contributed by atoms with E-state index >= 15 is 0 Å².